The fourth-order valence-electron chi connectivity index (χ4n) is 6.36. The second kappa shape index (κ2) is 12.7. The number of methoxy groups -OCH3 is 2. The van der Waals surface area contributed by atoms with E-state index >= 15 is 0 Å². The number of hydrogen-bond donors (Lipinski definition) is 2. The van der Waals surface area contributed by atoms with E-state index in [9.17, 15) is 19.2 Å². The van der Waals surface area contributed by atoms with Crippen LogP contribution in [0.15, 0.2) is 29.1 Å². The van der Waals surface area contributed by atoms with Crippen molar-refractivity contribution >= 4 is 34.9 Å². The normalized spacial score (nSPS) is 25.7. The van der Waals surface area contributed by atoms with Crippen molar-refractivity contribution in [1.82, 2.24) is 15.2 Å². The Kier molecular flexibility index (Phi) is 8.98. The number of hydrogen-bond acceptors (Lipinski definition) is 8. The van der Waals surface area contributed by atoms with E-state index in [0.717, 1.165) is 37.7 Å². The number of amides is 2. The summed E-state index contributed by atoms with van der Waals surface area (Å²) in [6.45, 7) is 4.21. The van der Waals surface area contributed by atoms with Gasteiger partial charge in [-0.1, -0.05) is 45.3 Å². The summed E-state index contributed by atoms with van der Waals surface area (Å²) in [6, 6.07) is 3.25. The number of alkyl carbamates (subject to hydrolysis) is 1. The highest BCUT2D eigenvalue weighted by atomic mass is 16.5. The number of fused-ring (bicyclic) bond motifs is 3. The molecule has 0 spiro atoms. The Balaban J connectivity index is 1.58. The first-order valence-corrected chi connectivity index (χ1v) is 15.0. The zero-order chi connectivity index (χ0) is 30.7. The molecule has 43 heavy (non-hydrogen) atoms. The summed E-state index contributed by atoms with van der Waals surface area (Å²) in [5.74, 6) is -0.109. The van der Waals surface area contributed by atoms with E-state index in [4.69, 9.17) is 18.9 Å². The predicted molar refractivity (Wildman–Crippen MR) is 160 cm³/mol. The molecule has 3 aliphatic rings. The lowest BCUT2D eigenvalue weighted by Crippen LogP contribution is -2.55. The lowest BCUT2D eigenvalue weighted by atomic mass is 9.83. The molecule has 11 heteroatoms. The standard InChI is InChI=1S/C32H41N3O8/c1-32(2)12-8-11-20-13-22-23(15-25(20)40-3)33-27(36)16-26(22)43-21-14-24(30(38)41-4)35(17-21)29(37)28(34-31(39)42-18-32)19-9-6-5-7-10-19/h8,11,13,15-16,19,21,24,28H,5-7,9-10,12,14,17-18H2,1-4H3,(H,33,36)(H,34,39)/b11-8-/t21-,24+,28+/m1/s1. The summed E-state index contributed by atoms with van der Waals surface area (Å²) in [7, 11) is 2.84. The molecule has 0 unspecified atom stereocenters. The van der Waals surface area contributed by atoms with Crippen molar-refractivity contribution in [2.75, 3.05) is 27.4 Å². The number of nitrogens with zero attached hydrogens (tertiary/aromatic N) is 1. The number of rotatable bonds is 3. The van der Waals surface area contributed by atoms with Gasteiger partial charge in [0.05, 0.1) is 32.9 Å². The summed E-state index contributed by atoms with van der Waals surface area (Å²) in [4.78, 5) is 57.1. The SMILES string of the molecule is COC(=O)[C@@H]1C[C@@H]2CN1C(=O)[C@H](C1CCCCC1)NC(=O)OCC(C)(C)C/C=C\c1cc3c(cc(=O)[nH]c3cc1OC)O2. The lowest BCUT2D eigenvalue weighted by Gasteiger charge is -2.34. The van der Waals surface area contributed by atoms with Crippen molar-refractivity contribution < 1.29 is 33.3 Å². The van der Waals surface area contributed by atoms with Crippen molar-refractivity contribution in [1.29, 1.82) is 0 Å². The third-order valence-corrected chi connectivity index (χ3v) is 8.69. The number of H-pyrrole nitrogens is 1. The molecule has 11 nitrogen and oxygen atoms in total. The van der Waals surface area contributed by atoms with Gasteiger partial charge in [-0.15, -0.1) is 0 Å². The van der Waals surface area contributed by atoms with Crippen molar-refractivity contribution in [3.05, 3.63) is 40.2 Å². The van der Waals surface area contributed by atoms with E-state index in [-0.39, 0.29) is 37.0 Å². The number of aromatic nitrogens is 1. The number of pyridine rings is 1. The highest BCUT2D eigenvalue weighted by Gasteiger charge is 2.45. The van der Waals surface area contributed by atoms with Gasteiger partial charge in [0, 0.05) is 34.9 Å². The van der Waals surface area contributed by atoms with Crippen LogP contribution < -0.4 is 20.3 Å². The number of ether oxygens (including phenoxy) is 4. The fourth-order valence-corrected chi connectivity index (χ4v) is 6.36. The molecular weight excluding hydrogens is 554 g/mol. The molecule has 2 fully saturated rings. The summed E-state index contributed by atoms with van der Waals surface area (Å²) < 4.78 is 22.7. The van der Waals surface area contributed by atoms with Crippen LogP contribution >= 0.6 is 0 Å². The van der Waals surface area contributed by atoms with Crippen LogP contribution in [0.4, 0.5) is 4.79 Å². The number of benzene rings is 1. The zero-order valence-electron chi connectivity index (χ0n) is 25.3. The Hall–Kier alpha value is -4.02. The van der Waals surface area contributed by atoms with Gasteiger partial charge in [0.25, 0.3) is 5.56 Å². The fraction of sp³-hybridized carbons (Fsp3) is 0.562. The van der Waals surface area contributed by atoms with Crippen LogP contribution in [0.2, 0.25) is 0 Å². The van der Waals surface area contributed by atoms with Gasteiger partial charge < -0.3 is 34.1 Å². The topological polar surface area (TPSA) is 136 Å². The highest BCUT2D eigenvalue weighted by Crippen LogP contribution is 2.35. The number of carbonyl (C=O) groups excluding carboxylic acids is 3. The Morgan fingerprint density at radius 3 is 2.56 bits per heavy atom. The predicted octanol–water partition coefficient (Wildman–Crippen LogP) is 4.18. The van der Waals surface area contributed by atoms with Crippen LogP contribution in [-0.4, -0.2) is 73.4 Å². The average molecular weight is 596 g/mol. The van der Waals surface area contributed by atoms with E-state index in [2.05, 4.69) is 10.3 Å². The number of esters is 1. The number of cyclic esters (lactones) is 1. The maximum Gasteiger partial charge on any atom is 0.407 e. The van der Waals surface area contributed by atoms with Gasteiger partial charge in [0.2, 0.25) is 5.91 Å². The van der Waals surface area contributed by atoms with Crippen molar-refractivity contribution in [3.63, 3.8) is 0 Å². The van der Waals surface area contributed by atoms with E-state index in [1.165, 1.54) is 18.1 Å². The molecule has 3 atom stereocenters. The van der Waals surface area contributed by atoms with Gasteiger partial charge >= 0.3 is 12.1 Å². The molecule has 0 radical (unpaired) electrons. The first-order valence-electron chi connectivity index (χ1n) is 15.0. The average Bonchev–Trinajstić information content (AvgIpc) is 3.41. The largest absolute Gasteiger partial charge is 0.496 e. The molecule has 4 bridgehead atoms. The Morgan fingerprint density at radius 2 is 1.84 bits per heavy atom. The third-order valence-electron chi connectivity index (χ3n) is 8.69. The van der Waals surface area contributed by atoms with Gasteiger partial charge in [-0.25, -0.2) is 9.59 Å². The molecule has 2 N–H and O–H groups in total. The first-order chi connectivity index (χ1) is 20.6. The molecule has 1 aromatic heterocycles. The summed E-state index contributed by atoms with van der Waals surface area (Å²) in [5.41, 5.74) is 0.557. The van der Waals surface area contributed by atoms with Crippen LogP contribution in [0.25, 0.3) is 17.0 Å². The second-order valence-electron chi connectivity index (χ2n) is 12.5. The quantitative estimate of drug-likeness (QED) is 0.505. The maximum absolute atomic E-state index is 14.2. The Morgan fingerprint density at radius 1 is 1.07 bits per heavy atom. The van der Waals surface area contributed by atoms with Crippen LogP contribution in [0.5, 0.6) is 11.5 Å². The molecule has 5 rings (SSSR count). The van der Waals surface area contributed by atoms with E-state index in [1.54, 1.807) is 13.2 Å². The van der Waals surface area contributed by atoms with E-state index in [1.807, 2.05) is 32.1 Å². The number of aromatic amines is 1. The van der Waals surface area contributed by atoms with Gasteiger partial charge in [0.15, 0.2) is 0 Å². The number of nitrogens with one attached hydrogen (secondary N) is 2. The monoisotopic (exact) mass is 595 g/mol. The number of allylic oxidation sites excluding steroid dienone is 1. The summed E-state index contributed by atoms with van der Waals surface area (Å²) >= 11 is 0. The molecule has 1 saturated carbocycles. The second-order valence-corrected chi connectivity index (χ2v) is 12.5. The molecule has 232 valence electrons. The minimum absolute atomic E-state index is 0.0846. The molecular formula is C32H41N3O8. The molecule has 2 aromatic rings. The van der Waals surface area contributed by atoms with Crippen LogP contribution in [0, 0.1) is 11.3 Å². The minimum Gasteiger partial charge on any atom is -0.496 e. The highest BCUT2D eigenvalue weighted by molar-refractivity contribution is 5.91. The molecule has 1 aliphatic carbocycles. The lowest BCUT2D eigenvalue weighted by molar-refractivity contribution is -0.152. The molecule has 3 heterocycles. The molecule has 1 saturated heterocycles. The van der Waals surface area contributed by atoms with Gasteiger partial charge in [-0.2, -0.15) is 0 Å². The van der Waals surface area contributed by atoms with Crippen molar-refractivity contribution in [2.24, 2.45) is 11.3 Å². The van der Waals surface area contributed by atoms with Crippen LogP contribution in [0.1, 0.15) is 64.4 Å². The minimum atomic E-state index is -0.903. The molecule has 1 aromatic carbocycles. The van der Waals surface area contributed by atoms with Crippen molar-refractivity contribution in [2.45, 2.75) is 77.0 Å². The molecule has 2 aliphatic heterocycles. The van der Waals surface area contributed by atoms with Crippen LogP contribution in [0.3, 0.4) is 0 Å². The van der Waals surface area contributed by atoms with Crippen LogP contribution in [-0.2, 0) is 19.1 Å². The van der Waals surface area contributed by atoms with Gasteiger partial charge in [0.1, 0.15) is 29.7 Å². The Labute approximate surface area is 250 Å². The summed E-state index contributed by atoms with van der Waals surface area (Å²) in [5, 5.41) is 3.52. The maximum atomic E-state index is 14.2. The third kappa shape index (κ3) is 6.81. The van der Waals surface area contributed by atoms with E-state index in [0.29, 0.717) is 28.8 Å². The smallest absolute Gasteiger partial charge is 0.407 e. The first kappa shape index (κ1) is 30.4. The van der Waals surface area contributed by atoms with Gasteiger partial charge in [-0.05, 0) is 31.2 Å². The van der Waals surface area contributed by atoms with E-state index < -0.39 is 35.7 Å². The number of carbonyl (C=O) groups is 3. The zero-order valence-corrected chi connectivity index (χ0v) is 25.3. The Bertz CT molecular complexity index is 1460. The van der Waals surface area contributed by atoms with Crippen molar-refractivity contribution in [3.8, 4) is 11.5 Å². The van der Waals surface area contributed by atoms with Gasteiger partial charge in [-0.3, -0.25) is 9.59 Å². The summed E-state index contributed by atoms with van der Waals surface area (Å²) in [6.07, 6.45) is 7.99. The molecule has 2 amide bonds.